The minimum atomic E-state index is -1.31. The van der Waals surface area contributed by atoms with Crippen LogP contribution in [-0.4, -0.2) is 10.1 Å². The van der Waals surface area contributed by atoms with Gasteiger partial charge in [-0.1, -0.05) is 24.3 Å². The average Bonchev–Trinajstić information content (AvgIpc) is 2.48. The van der Waals surface area contributed by atoms with E-state index in [2.05, 4.69) is 4.98 Å². The Kier molecular flexibility index (Phi) is 3.16. The topological polar surface area (TPSA) is 33.1 Å². The van der Waals surface area contributed by atoms with E-state index in [-0.39, 0.29) is 5.56 Å². The van der Waals surface area contributed by atoms with Gasteiger partial charge in [-0.25, -0.2) is 8.78 Å². The lowest BCUT2D eigenvalue weighted by atomic mass is 10.0. The molecule has 3 rings (SSSR count). The van der Waals surface area contributed by atoms with Crippen molar-refractivity contribution in [1.82, 2.24) is 4.98 Å². The normalized spacial score (nSPS) is 12.6. The molecular weight excluding hydrogens is 260 g/mol. The van der Waals surface area contributed by atoms with Crippen molar-refractivity contribution in [3.8, 4) is 0 Å². The van der Waals surface area contributed by atoms with Gasteiger partial charge in [0, 0.05) is 17.1 Å². The maximum Gasteiger partial charge on any atom is 0.129 e. The zero-order valence-electron chi connectivity index (χ0n) is 10.4. The minimum absolute atomic E-state index is 0.117. The van der Waals surface area contributed by atoms with Crippen molar-refractivity contribution in [3.05, 3.63) is 77.6 Å². The first kappa shape index (κ1) is 12.7. The Balaban J connectivity index is 2.17. The Morgan fingerprint density at radius 2 is 1.80 bits per heavy atom. The van der Waals surface area contributed by atoms with Crippen LogP contribution < -0.4 is 0 Å². The lowest BCUT2D eigenvalue weighted by molar-refractivity contribution is 0.211. The SMILES string of the molecule is OC(c1cc(F)ccc1F)c1nccc2ccccc12. The molecule has 0 fully saturated rings. The number of hydrogen-bond donors (Lipinski definition) is 1. The van der Waals surface area contributed by atoms with Gasteiger partial charge in [-0.3, -0.25) is 4.98 Å². The summed E-state index contributed by atoms with van der Waals surface area (Å²) in [5.41, 5.74) is 0.196. The molecule has 2 nitrogen and oxygen atoms in total. The third-order valence-electron chi connectivity index (χ3n) is 3.22. The molecule has 100 valence electrons. The van der Waals surface area contributed by atoms with Crippen LogP contribution in [0, 0.1) is 11.6 Å². The monoisotopic (exact) mass is 271 g/mol. The lowest BCUT2D eigenvalue weighted by Crippen LogP contribution is -2.06. The Bertz CT molecular complexity index is 768. The summed E-state index contributed by atoms with van der Waals surface area (Å²) in [7, 11) is 0. The molecule has 0 saturated carbocycles. The highest BCUT2D eigenvalue weighted by Gasteiger charge is 2.19. The average molecular weight is 271 g/mol. The number of benzene rings is 2. The van der Waals surface area contributed by atoms with Gasteiger partial charge in [0.05, 0.1) is 5.69 Å². The summed E-state index contributed by atoms with van der Waals surface area (Å²) in [6, 6.07) is 12.1. The van der Waals surface area contributed by atoms with Crippen molar-refractivity contribution in [3.63, 3.8) is 0 Å². The third kappa shape index (κ3) is 2.14. The number of halogens is 2. The fraction of sp³-hybridized carbons (Fsp3) is 0.0625. The first-order chi connectivity index (χ1) is 9.66. The maximum atomic E-state index is 13.8. The van der Waals surface area contributed by atoms with Crippen LogP contribution in [0.1, 0.15) is 17.4 Å². The van der Waals surface area contributed by atoms with Crippen LogP contribution in [0.3, 0.4) is 0 Å². The van der Waals surface area contributed by atoms with Crippen molar-refractivity contribution in [1.29, 1.82) is 0 Å². The fourth-order valence-electron chi connectivity index (χ4n) is 2.23. The van der Waals surface area contributed by atoms with Crippen LogP contribution in [0.5, 0.6) is 0 Å². The van der Waals surface area contributed by atoms with Gasteiger partial charge in [-0.15, -0.1) is 0 Å². The van der Waals surface area contributed by atoms with E-state index >= 15 is 0 Å². The largest absolute Gasteiger partial charge is 0.382 e. The molecule has 2 aromatic carbocycles. The highest BCUT2D eigenvalue weighted by atomic mass is 19.1. The number of hydrogen-bond acceptors (Lipinski definition) is 2. The van der Waals surface area contributed by atoms with Crippen LogP contribution in [0.2, 0.25) is 0 Å². The van der Waals surface area contributed by atoms with Gasteiger partial charge >= 0.3 is 0 Å². The van der Waals surface area contributed by atoms with Crippen LogP contribution in [0.25, 0.3) is 10.8 Å². The number of aromatic nitrogens is 1. The van der Waals surface area contributed by atoms with Gasteiger partial charge in [0.25, 0.3) is 0 Å². The number of aliphatic hydroxyl groups is 1. The van der Waals surface area contributed by atoms with E-state index in [1.165, 1.54) is 6.20 Å². The molecule has 1 aromatic heterocycles. The van der Waals surface area contributed by atoms with E-state index < -0.39 is 17.7 Å². The van der Waals surface area contributed by atoms with Gasteiger partial charge in [0.15, 0.2) is 0 Å². The van der Waals surface area contributed by atoms with E-state index in [0.717, 1.165) is 23.6 Å². The molecule has 0 bridgehead atoms. The van der Waals surface area contributed by atoms with Crippen LogP contribution in [0.4, 0.5) is 8.78 Å². The molecule has 1 N–H and O–H groups in total. The Labute approximate surface area is 114 Å². The predicted octanol–water partition coefficient (Wildman–Crippen LogP) is 3.59. The second kappa shape index (κ2) is 4.98. The van der Waals surface area contributed by atoms with Crippen LogP contribution in [-0.2, 0) is 0 Å². The van der Waals surface area contributed by atoms with Crippen molar-refractivity contribution >= 4 is 10.8 Å². The van der Waals surface area contributed by atoms with Gasteiger partial charge < -0.3 is 5.11 Å². The Morgan fingerprint density at radius 1 is 1.00 bits per heavy atom. The van der Waals surface area contributed by atoms with E-state index in [1.807, 2.05) is 18.2 Å². The van der Waals surface area contributed by atoms with Crippen molar-refractivity contribution in [2.75, 3.05) is 0 Å². The molecule has 0 saturated heterocycles. The van der Waals surface area contributed by atoms with Gasteiger partial charge in [0.1, 0.15) is 17.7 Å². The zero-order chi connectivity index (χ0) is 14.1. The minimum Gasteiger partial charge on any atom is -0.382 e. The number of aliphatic hydroxyl groups excluding tert-OH is 1. The Hall–Kier alpha value is -2.33. The number of rotatable bonds is 2. The molecule has 1 heterocycles. The number of pyridine rings is 1. The van der Waals surface area contributed by atoms with Crippen molar-refractivity contribution in [2.24, 2.45) is 0 Å². The zero-order valence-corrected chi connectivity index (χ0v) is 10.4. The highest BCUT2D eigenvalue weighted by molar-refractivity contribution is 5.84. The molecule has 0 amide bonds. The van der Waals surface area contributed by atoms with E-state index in [1.54, 1.807) is 12.1 Å². The molecule has 0 aliphatic heterocycles. The first-order valence-corrected chi connectivity index (χ1v) is 6.13. The molecule has 0 spiro atoms. The summed E-state index contributed by atoms with van der Waals surface area (Å²) in [6.07, 6.45) is 0.231. The van der Waals surface area contributed by atoms with E-state index in [0.29, 0.717) is 11.1 Å². The molecule has 20 heavy (non-hydrogen) atoms. The number of nitrogens with zero attached hydrogens (tertiary/aromatic N) is 1. The van der Waals surface area contributed by atoms with Gasteiger partial charge in [-0.05, 0) is 29.7 Å². The van der Waals surface area contributed by atoms with Crippen LogP contribution in [0.15, 0.2) is 54.7 Å². The molecular formula is C16H11F2NO. The smallest absolute Gasteiger partial charge is 0.129 e. The first-order valence-electron chi connectivity index (χ1n) is 6.13. The summed E-state index contributed by atoms with van der Waals surface area (Å²) < 4.78 is 27.0. The summed E-state index contributed by atoms with van der Waals surface area (Å²) in [4.78, 5) is 4.11. The molecule has 3 aromatic rings. The molecule has 0 radical (unpaired) electrons. The van der Waals surface area contributed by atoms with E-state index in [9.17, 15) is 13.9 Å². The summed E-state index contributed by atoms with van der Waals surface area (Å²) in [6.45, 7) is 0. The van der Waals surface area contributed by atoms with Crippen LogP contribution >= 0.6 is 0 Å². The molecule has 1 atom stereocenters. The number of fused-ring (bicyclic) bond motifs is 1. The Morgan fingerprint density at radius 3 is 2.65 bits per heavy atom. The van der Waals surface area contributed by atoms with Crippen molar-refractivity contribution in [2.45, 2.75) is 6.10 Å². The second-order valence-corrected chi connectivity index (χ2v) is 4.49. The molecule has 0 aliphatic carbocycles. The molecule has 1 unspecified atom stereocenters. The third-order valence-corrected chi connectivity index (χ3v) is 3.22. The van der Waals surface area contributed by atoms with Gasteiger partial charge in [0.2, 0.25) is 0 Å². The summed E-state index contributed by atoms with van der Waals surface area (Å²) in [5.74, 6) is -1.26. The molecule has 4 heteroatoms. The summed E-state index contributed by atoms with van der Waals surface area (Å²) >= 11 is 0. The lowest BCUT2D eigenvalue weighted by Gasteiger charge is -2.14. The van der Waals surface area contributed by atoms with Gasteiger partial charge in [-0.2, -0.15) is 0 Å². The summed E-state index contributed by atoms with van der Waals surface area (Å²) in [5, 5.41) is 11.9. The fourth-order valence-corrected chi connectivity index (χ4v) is 2.23. The van der Waals surface area contributed by atoms with E-state index in [4.69, 9.17) is 0 Å². The highest BCUT2D eigenvalue weighted by Crippen LogP contribution is 2.28. The maximum absolute atomic E-state index is 13.8. The molecule has 0 aliphatic rings. The quantitative estimate of drug-likeness (QED) is 0.772. The predicted molar refractivity (Wildman–Crippen MR) is 72.2 cm³/mol. The second-order valence-electron chi connectivity index (χ2n) is 4.49. The van der Waals surface area contributed by atoms with Crippen molar-refractivity contribution < 1.29 is 13.9 Å². The standard InChI is InChI=1S/C16H11F2NO/c17-11-5-6-14(18)13(9-11)16(20)15-12-4-2-1-3-10(12)7-8-19-15/h1-9,16,20H.